The van der Waals surface area contributed by atoms with Gasteiger partial charge in [-0.15, -0.1) is 0 Å². The minimum absolute atomic E-state index is 0.0106. The van der Waals surface area contributed by atoms with Crippen LogP contribution in [0.1, 0.15) is 35.2 Å². The van der Waals surface area contributed by atoms with Gasteiger partial charge < -0.3 is 10.6 Å². The van der Waals surface area contributed by atoms with E-state index < -0.39 is 0 Å². The van der Waals surface area contributed by atoms with Gasteiger partial charge in [0.25, 0.3) is 5.91 Å². The summed E-state index contributed by atoms with van der Waals surface area (Å²) in [6, 6.07) is 7.41. The summed E-state index contributed by atoms with van der Waals surface area (Å²) < 4.78 is 0. The lowest BCUT2D eigenvalue weighted by molar-refractivity contribution is -0.121. The summed E-state index contributed by atoms with van der Waals surface area (Å²) in [5, 5.41) is 5.64. The molecule has 1 aliphatic rings. The smallest absolute Gasteiger partial charge is 0.251 e. The SMILES string of the molecule is Cc1cccc(C(=O)NCCC(=O)NCC2CC2)c1. The molecule has 19 heavy (non-hydrogen) atoms. The highest BCUT2D eigenvalue weighted by atomic mass is 16.2. The zero-order chi connectivity index (χ0) is 13.7. The van der Waals surface area contributed by atoms with E-state index in [9.17, 15) is 9.59 Å². The topological polar surface area (TPSA) is 58.2 Å². The van der Waals surface area contributed by atoms with Gasteiger partial charge in [-0.1, -0.05) is 17.7 Å². The maximum atomic E-state index is 11.8. The predicted molar refractivity (Wildman–Crippen MR) is 73.9 cm³/mol. The molecule has 2 amide bonds. The van der Waals surface area contributed by atoms with E-state index in [4.69, 9.17) is 0 Å². The van der Waals surface area contributed by atoms with Gasteiger partial charge in [-0.25, -0.2) is 0 Å². The first-order chi connectivity index (χ1) is 9.15. The zero-order valence-electron chi connectivity index (χ0n) is 11.2. The molecule has 2 N–H and O–H groups in total. The number of rotatable bonds is 6. The maximum Gasteiger partial charge on any atom is 0.251 e. The Balaban J connectivity index is 1.66. The van der Waals surface area contributed by atoms with Crippen LogP contribution >= 0.6 is 0 Å². The molecular formula is C15H20N2O2. The zero-order valence-corrected chi connectivity index (χ0v) is 11.2. The van der Waals surface area contributed by atoms with Gasteiger partial charge >= 0.3 is 0 Å². The van der Waals surface area contributed by atoms with Crippen molar-refractivity contribution in [3.8, 4) is 0 Å². The van der Waals surface area contributed by atoms with Crippen molar-refractivity contribution in [1.82, 2.24) is 10.6 Å². The van der Waals surface area contributed by atoms with Crippen LogP contribution in [0.2, 0.25) is 0 Å². The van der Waals surface area contributed by atoms with Crippen LogP contribution in [0.3, 0.4) is 0 Å². The molecule has 0 radical (unpaired) electrons. The van der Waals surface area contributed by atoms with Crippen LogP contribution in [0.4, 0.5) is 0 Å². The second-order valence-corrected chi connectivity index (χ2v) is 5.12. The third-order valence-corrected chi connectivity index (χ3v) is 3.20. The fourth-order valence-electron chi connectivity index (χ4n) is 1.85. The van der Waals surface area contributed by atoms with Gasteiger partial charge in [-0.2, -0.15) is 0 Å². The molecule has 102 valence electrons. The lowest BCUT2D eigenvalue weighted by Gasteiger charge is -2.06. The first-order valence-electron chi connectivity index (χ1n) is 6.77. The Morgan fingerprint density at radius 2 is 2.05 bits per heavy atom. The van der Waals surface area contributed by atoms with E-state index in [2.05, 4.69) is 10.6 Å². The van der Waals surface area contributed by atoms with Crippen LogP contribution in [-0.4, -0.2) is 24.9 Å². The Morgan fingerprint density at radius 3 is 2.74 bits per heavy atom. The maximum absolute atomic E-state index is 11.8. The summed E-state index contributed by atoms with van der Waals surface area (Å²) in [7, 11) is 0. The average molecular weight is 260 g/mol. The first kappa shape index (κ1) is 13.6. The van der Waals surface area contributed by atoms with Gasteiger partial charge in [-0.3, -0.25) is 9.59 Å². The molecule has 1 saturated carbocycles. The quantitative estimate of drug-likeness (QED) is 0.817. The first-order valence-corrected chi connectivity index (χ1v) is 6.77. The molecule has 0 unspecified atom stereocenters. The Hall–Kier alpha value is -1.84. The summed E-state index contributed by atoms with van der Waals surface area (Å²) in [6.45, 7) is 3.11. The Bertz CT molecular complexity index is 467. The third-order valence-electron chi connectivity index (χ3n) is 3.20. The largest absolute Gasteiger partial charge is 0.356 e. The van der Waals surface area contributed by atoms with Crippen LogP contribution in [-0.2, 0) is 4.79 Å². The number of hydrogen-bond donors (Lipinski definition) is 2. The van der Waals surface area contributed by atoms with Crippen molar-refractivity contribution < 1.29 is 9.59 Å². The highest BCUT2D eigenvalue weighted by Gasteiger charge is 2.21. The minimum atomic E-state index is -0.126. The molecule has 1 fully saturated rings. The van der Waals surface area contributed by atoms with Crippen molar-refractivity contribution >= 4 is 11.8 Å². The van der Waals surface area contributed by atoms with Gasteiger partial charge in [-0.05, 0) is 37.8 Å². The van der Waals surface area contributed by atoms with Crippen LogP contribution in [0.5, 0.6) is 0 Å². The molecule has 0 aliphatic heterocycles. The van der Waals surface area contributed by atoms with Crippen molar-refractivity contribution in [2.75, 3.05) is 13.1 Å². The van der Waals surface area contributed by atoms with Gasteiger partial charge in [0.05, 0.1) is 0 Å². The van der Waals surface area contributed by atoms with E-state index in [1.165, 1.54) is 12.8 Å². The summed E-state index contributed by atoms with van der Waals surface area (Å²) in [6.07, 6.45) is 2.79. The summed E-state index contributed by atoms with van der Waals surface area (Å²) in [4.78, 5) is 23.3. The van der Waals surface area contributed by atoms with E-state index >= 15 is 0 Å². The lowest BCUT2D eigenvalue weighted by Crippen LogP contribution is -2.31. The molecule has 0 spiro atoms. The number of aryl methyl sites for hydroxylation is 1. The van der Waals surface area contributed by atoms with E-state index in [-0.39, 0.29) is 11.8 Å². The van der Waals surface area contributed by atoms with E-state index in [0.29, 0.717) is 24.4 Å². The van der Waals surface area contributed by atoms with Crippen molar-refractivity contribution in [3.05, 3.63) is 35.4 Å². The Kier molecular flexibility index (Phi) is 4.55. The van der Waals surface area contributed by atoms with E-state index in [0.717, 1.165) is 12.1 Å². The highest BCUT2D eigenvalue weighted by molar-refractivity contribution is 5.94. The molecule has 4 nitrogen and oxygen atoms in total. The number of hydrogen-bond acceptors (Lipinski definition) is 2. The molecule has 0 aromatic heterocycles. The summed E-state index contributed by atoms with van der Waals surface area (Å²) >= 11 is 0. The predicted octanol–water partition coefficient (Wildman–Crippen LogP) is 1.64. The molecule has 2 rings (SSSR count). The van der Waals surface area contributed by atoms with Crippen LogP contribution in [0.25, 0.3) is 0 Å². The summed E-state index contributed by atoms with van der Waals surface area (Å²) in [5.74, 6) is 0.570. The average Bonchev–Trinajstić information content (AvgIpc) is 3.20. The Morgan fingerprint density at radius 1 is 1.26 bits per heavy atom. The molecule has 0 saturated heterocycles. The second-order valence-electron chi connectivity index (χ2n) is 5.12. The van der Waals surface area contributed by atoms with E-state index in [1.807, 2.05) is 25.1 Å². The van der Waals surface area contributed by atoms with Crippen LogP contribution in [0, 0.1) is 12.8 Å². The van der Waals surface area contributed by atoms with Gasteiger partial charge in [0.2, 0.25) is 5.91 Å². The second kappa shape index (κ2) is 6.36. The van der Waals surface area contributed by atoms with Gasteiger partial charge in [0, 0.05) is 25.1 Å². The monoisotopic (exact) mass is 260 g/mol. The highest BCUT2D eigenvalue weighted by Crippen LogP contribution is 2.27. The third kappa shape index (κ3) is 4.73. The fourth-order valence-corrected chi connectivity index (χ4v) is 1.85. The van der Waals surface area contributed by atoms with Crippen LogP contribution < -0.4 is 10.6 Å². The van der Waals surface area contributed by atoms with E-state index in [1.54, 1.807) is 6.07 Å². The van der Waals surface area contributed by atoms with Crippen molar-refractivity contribution in [1.29, 1.82) is 0 Å². The Labute approximate surface area is 113 Å². The molecule has 1 aliphatic carbocycles. The van der Waals surface area contributed by atoms with Crippen molar-refractivity contribution in [3.63, 3.8) is 0 Å². The summed E-state index contributed by atoms with van der Waals surface area (Å²) in [5.41, 5.74) is 1.69. The standard InChI is InChI=1S/C15H20N2O2/c1-11-3-2-4-13(9-11)15(19)16-8-7-14(18)17-10-12-5-6-12/h2-4,9,12H,5-8,10H2,1H3,(H,16,19)(H,17,18). The molecule has 4 heteroatoms. The van der Waals surface area contributed by atoms with Gasteiger partial charge in [0.15, 0.2) is 0 Å². The van der Waals surface area contributed by atoms with Gasteiger partial charge in [0.1, 0.15) is 0 Å². The molecule has 0 bridgehead atoms. The van der Waals surface area contributed by atoms with Crippen molar-refractivity contribution in [2.24, 2.45) is 5.92 Å². The molecular weight excluding hydrogens is 240 g/mol. The number of amides is 2. The number of nitrogens with one attached hydrogen (secondary N) is 2. The van der Waals surface area contributed by atoms with Crippen molar-refractivity contribution in [2.45, 2.75) is 26.2 Å². The molecule has 1 aromatic rings. The fraction of sp³-hybridized carbons (Fsp3) is 0.467. The molecule has 0 atom stereocenters. The number of benzene rings is 1. The lowest BCUT2D eigenvalue weighted by atomic mass is 10.1. The number of carbonyl (C=O) groups is 2. The number of carbonyl (C=O) groups excluding carboxylic acids is 2. The normalized spacial score (nSPS) is 13.9. The molecule has 1 aromatic carbocycles. The molecule has 0 heterocycles. The van der Waals surface area contributed by atoms with Crippen LogP contribution in [0.15, 0.2) is 24.3 Å². The minimum Gasteiger partial charge on any atom is -0.356 e.